The van der Waals surface area contributed by atoms with Crippen LogP contribution in [0.1, 0.15) is 13.3 Å². The van der Waals surface area contributed by atoms with Gasteiger partial charge >= 0.3 is 0 Å². The highest BCUT2D eigenvalue weighted by atomic mass is 79.9. The van der Waals surface area contributed by atoms with Crippen molar-refractivity contribution in [2.45, 2.75) is 18.2 Å². The Morgan fingerprint density at radius 3 is 3.15 bits per heavy atom. The summed E-state index contributed by atoms with van der Waals surface area (Å²) in [5, 5.41) is 1.06. The third-order valence-corrected chi connectivity index (χ3v) is 4.51. The Morgan fingerprint density at radius 2 is 2.54 bits per heavy atom. The Balaban J connectivity index is 2.03. The fourth-order valence-electron chi connectivity index (χ4n) is 1.60. The molecule has 2 atom stereocenters. The minimum Gasteiger partial charge on any atom is -0.347 e. The molecule has 1 aromatic heterocycles. The van der Waals surface area contributed by atoms with Crippen LogP contribution in [0.15, 0.2) is 6.33 Å². The van der Waals surface area contributed by atoms with Gasteiger partial charge in [-0.15, -0.1) is 0 Å². The number of hydrogen-bond acceptors (Lipinski definition) is 4. The molecule has 0 saturated carbocycles. The number of halogens is 1. The van der Waals surface area contributed by atoms with Crippen molar-refractivity contribution in [3.63, 3.8) is 0 Å². The van der Waals surface area contributed by atoms with Crippen LogP contribution in [0.3, 0.4) is 0 Å². The number of piperidine rings is 1. The zero-order valence-electron chi connectivity index (χ0n) is 7.48. The monoisotopic (exact) mass is 261 g/mol. The minimum atomic E-state index is 0.664. The van der Waals surface area contributed by atoms with Crippen LogP contribution in [0.25, 0.3) is 0 Å². The number of rotatable bonds is 1. The highest BCUT2D eigenvalue weighted by molar-refractivity contribution is 9.09. The third-order valence-electron chi connectivity index (χ3n) is 2.42. The lowest BCUT2D eigenvalue weighted by Crippen LogP contribution is -2.39. The molecule has 0 aliphatic carbocycles. The second-order valence-corrected chi connectivity index (χ2v) is 5.39. The van der Waals surface area contributed by atoms with Gasteiger partial charge in [-0.25, -0.2) is 4.98 Å². The van der Waals surface area contributed by atoms with Gasteiger partial charge in [-0.3, -0.25) is 0 Å². The van der Waals surface area contributed by atoms with Gasteiger partial charge < -0.3 is 4.90 Å². The van der Waals surface area contributed by atoms with Gasteiger partial charge in [0.05, 0.1) is 0 Å². The molecule has 1 aliphatic heterocycles. The summed E-state index contributed by atoms with van der Waals surface area (Å²) in [6.07, 6.45) is 2.83. The molecular weight excluding hydrogens is 250 g/mol. The highest BCUT2D eigenvalue weighted by Gasteiger charge is 2.25. The number of hydrogen-bond donors (Lipinski definition) is 0. The normalized spacial score (nSPS) is 29.2. The van der Waals surface area contributed by atoms with Crippen LogP contribution >= 0.6 is 27.5 Å². The summed E-state index contributed by atoms with van der Waals surface area (Å²) < 4.78 is 4.02. The first-order valence-electron chi connectivity index (χ1n) is 4.43. The van der Waals surface area contributed by atoms with Gasteiger partial charge in [-0.2, -0.15) is 4.37 Å². The first-order chi connectivity index (χ1) is 6.27. The largest absolute Gasteiger partial charge is 0.347 e. The SMILES string of the molecule is CC1CN(c2ncns2)CCC1Br. The second kappa shape index (κ2) is 3.92. The van der Waals surface area contributed by atoms with Crippen molar-refractivity contribution >= 4 is 32.6 Å². The molecule has 2 heterocycles. The average Bonchev–Trinajstić information content (AvgIpc) is 2.62. The quantitative estimate of drug-likeness (QED) is 0.726. The van der Waals surface area contributed by atoms with Crippen LogP contribution in [-0.4, -0.2) is 27.3 Å². The van der Waals surface area contributed by atoms with E-state index in [9.17, 15) is 0 Å². The first kappa shape index (κ1) is 9.40. The zero-order chi connectivity index (χ0) is 9.26. The summed E-state index contributed by atoms with van der Waals surface area (Å²) in [5.41, 5.74) is 0. The molecule has 1 fully saturated rings. The first-order valence-corrected chi connectivity index (χ1v) is 6.12. The van der Waals surface area contributed by atoms with E-state index in [2.05, 4.69) is 37.1 Å². The number of aromatic nitrogens is 2. The summed E-state index contributed by atoms with van der Waals surface area (Å²) in [7, 11) is 0. The van der Waals surface area contributed by atoms with E-state index in [1.807, 2.05) is 0 Å². The standard InChI is InChI=1S/C8H12BrN3S/c1-6-4-12(3-2-7(6)9)8-10-5-11-13-8/h5-7H,2-4H2,1H3. The summed E-state index contributed by atoms with van der Waals surface area (Å²) in [4.78, 5) is 7.20. The van der Waals surface area contributed by atoms with E-state index in [4.69, 9.17) is 0 Å². The summed E-state index contributed by atoms with van der Waals surface area (Å²) in [6, 6.07) is 0. The molecule has 1 aromatic rings. The van der Waals surface area contributed by atoms with Gasteiger partial charge in [0.1, 0.15) is 6.33 Å². The maximum atomic E-state index is 4.22. The fraction of sp³-hybridized carbons (Fsp3) is 0.750. The number of alkyl halides is 1. The molecular formula is C8H12BrN3S. The van der Waals surface area contributed by atoms with Gasteiger partial charge in [-0.1, -0.05) is 22.9 Å². The Labute approximate surface area is 90.5 Å². The van der Waals surface area contributed by atoms with E-state index in [0.29, 0.717) is 10.7 Å². The van der Waals surface area contributed by atoms with Crippen LogP contribution in [-0.2, 0) is 0 Å². The van der Waals surface area contributed by atoms with Crippen LogP contribution in [0.2, 0.25) is 0 Å². The van der Waals surface area contributed by atoms with Crippen LogP contribution in [0, 0.1) is 5.92 Å². The molecule has 5 heteroatoms. The molecule has 0 radical (unpaired) electrons. The summed E-state index contributed by atoms with van der Waals surface area (Å²) in [6.45, 7) is 4.45. The van der Waals surface area contributed by atoms with Crippen LogP contribution < -0.4 is 4.90 Å². The molecule has 2 unspecified atom stereocenters. The smallest absolute Gasteiger partial charge is 0.204 e. The molecule has 2 rings (SSSR count). The zero-order valence-corrected chi connectivity index (χ0v) is 9.88. The second-order valence-electron chi connectivity index (χ2n) is 3.45. The summed E-state index contributed by atoms with van der Waals surface area (Å²) >= 11 is 5.17. The Bertz CT molecular complexity index is 264. The molecule has 13 heavy (non-hydrogen) atoms. The fourth-order valence-corrected chi connectivity index (χ4v) is 2.53. The Hall–Kier alpha value is -0.160. The van der Waals surface area contributed by atoms with Crippen molar-refractivity contribution in [1.82, 2.24) is 9.36 Å². The molecule has 72 valence electrons. The number of anilines is 1. The van der Waals surface area contributed by atoms with Crippen LogP contribution in [0.4, 0.5) is 5.13 Å². The number of nitrogens with zero attached hydrogens (tertiary/aromatic N) is 3. The molecule has 0 spiro atoms. The van der Waals surface area contributed by atoms with Crippen molar-refractivity contribution in [2.24, 2.45) is 5.92 Å². The Morgan fingerprint density at radius 1 is 1.69 bits per heavy atom. The van der Waals surface area contributed by atoms with E-state index in [1.165, 1.54) is 18.0 Å². The van der Waals surface area contributed by atoms with Gasteiger partial charge in [0.15, 0.2) is 0 Å². The molecule has 0 amide bonds. The van der Waals surface area contributed by atoms with Crippen molar-refractivity contribution in [1.29, 1.82) is 0 Å². The van der Waals surface area contributed by atoms with E-state index in [1.54, 1.807) is 6.33 Å². The molecule has 0 N–H and O–H groups in total. The predicted octanol–water partition coefficient (Wildman–Crippen LogP) is 2.15. The topological polar surface area (TPSA) is 29.0 Å². The lowest BCUT2D eigenvalue weighted by Gasteiger charge is -2.33. The lowest BCUT2D eigenvalue weighted by molar-refractivity contribution is 0.466. The highest BCUT2D eigenvalue weighted by Crippen LogP contribution is 2.27. The molecule has 0 bridgehead atoms. The lowest BCUT2D eigenvalue weighted by atomic mass is 10.0. The van der Waals surface area contributed by atoms with Gasteiger partial charge in [0.25, 0.3) is 0 Å². The molecule has 1 aliphatic rings. The van der Waals surface area contributed by atoms with Crippen molar-refractivity contribution in [2.75, 3.05) is 18.0 Å². The third kappa shape index (κ3) is 2.02. The van der Waals surface area contributed by atoms with E-state index in [0.717, 1.165) is 18.2 Å². The van der Waals surface area contributed by atoms with Crippen molar-refractivity contribution < 1.29 is 0 Å². The van der Waals surface area contributed by atoms with Gasteiger partial charge in [-0.05, 0) is 12.3 Å². The Kier molecular flexibility index (Phi) is 2.83. The van der Waals surface area contributed by atoms with E-state index < -0.39 is 0 Å². The maximum absolute atomic E-state index is 4.22. The van der Waals surface area contributed by atoms with Gasteiger partial charge in [0.2, 0.25) is 5.13 Å². The molecule has 0 aromatic carbocycles. The van der Waals surface area contributed by atoms with Crippen LogP contribution in [0.5, 0.6) is 0 Å². The minimum absolute atomic E-state index is 0.664. The van der Waals surface area contributed by atoms with E-state index in [-0.39, 0.29) is 0 Å². The van der Waals surface area contributed by atoms with Crippen molar-refractivity contribution in [3.05, 3.63) is 6.33 Å². The van der Waals surface area contributed by atoms with Gasteiger partial charge in [0, 0.05) is 29.4 Å². The molecule has 3 nitrogen and oxygen atoms in total. The van der Waals surface area contributed by atoms with E-state index >= 15 is 0 Å². The average molecular weight is 262 g/mol. The van der Waals surface area contributed by atoms with Crippen molar-refractivity contribution in [3.8, 4) is 0 Å². The molecule has 1 saturated heterocycles. The predicted molar refractivity (Wildman–Crippen MR) is 58.6 cm³/mol. The summed E-state index contributed by atoms with van der Waals surface area (Å²) in [5.74, 6) is 0.692. The maximum Gasteiger partial charge on any atom is 0.204 e.